The molecule has 2 aromatic rings. The Morgan fingerprint density at radius 2 is 1.92 bits per heavy atom. The first kappa shape index (κ1) is 31.2. The summed E-state index contributed by atoms with van der Waals surface area (Å²) < 4.78 is 44.7. The maximum atomic E-state index is 14.0. The van der Waals surface area contributed by atoms with Gasteiger partial charge in [0.2, 0.25) is 5.88 Å². The van der Waals surface area contributed by atoms with E-state index in [4.69, 9.17) is 79.8 Å². The summed E-state index contributed by atoms with van der Waals surface area (Å²) in [6.45, 7) is 0. The fourth-order valence-corrected chi connectivity index (χ4v) is 4.21. The van der Waals surface area contributed by atoms with Gasteiger partial charge in [-0.05, 0) is 30.5 Å². The first-order chi connectivity index (χ1) is 18.0. The molecule has 0 unspecified atom stereocenters. The summed E-state index contributed by atoms with van der Waals surface area (Å²) in [7, 11) is 1.17. The third-order valence-electron chi connectivity index (χ3n) is 5.33. The molecule has 0 saturated heterocycles. The predicted molar refractivity (Wildman–Crippen MR) is 145 cm³/mol. The lowest BCUT2D eigenvalue weighted by Gasteiger charge is -2.20. The van der Waals surface area contributed by atoms with E-state index in [0.29, 0.717) is 12.8 Å². The van der Waals surface area contributed by atoms with Crippen molar-refractivity contribution in [3.05, 3.63) is 55.6 Å². The maximum absolute atomic E-state index is 14.0. The molecule has 1 aliphatic carbocycles. The molecule has 0 atom stereocenters. The standard InChI is InChI=1S/C22H15Cl6F3N6O2/c1-37-17(14(22(29,30)31)19(36-37)39-21(27,28)15(24)16(25)26)34-8-11(7-32)10-2-3-13(23)12(6-10)18(38)35-20(9-33)4-5-20/h2-3,6-8,32,34H,4-5H2,1H3,(H,35,38)/b11-8+,32-7?. The second-order valence-electron chi connectivity index (χ2n) is 8.07. The lowest BCUT2D eigenvalue weighted by molar-refractivity contribution is -0.138. The highest BCUT2D eigenvalue weighted by Crippen LogP contribution is 2.46. The van der Waals surface area contributed by atoms with Crippen LogP contribution >= 0.6 is 69.6 Å². The molecule has 1 fully saturated rings. The van der Waals surface area contributed by atoms with Crippen LogP contribution in [-0.4, -0.2) is 32.0 Å². The number of alkyl halides is 5. The first-order valence-corrected chi connectivity index (χ1v) is 12.7. The van der Waals surface area contributed by atoms with Crippen LogP contribution in [0, 0.1) is 16.7 Å². The first-order valence-electron chi connectivity index (χ1n) is 10.5. The molecule has 1 amide bonds. The molecule has 3 N–H and O–H groups in total. The van der Waals surface area contributed by atoms with Crippen molar-refractivity contribution >= 4 is 93.1 Å². The lowest BCUT2D eigenvalue weighted by atomic mass is 10.0. The minimum atomic E-state index is -5.03. The third-order valence-corrected chi connectivity index (χ3v) is 7.41. The quantitative estimate of drug-likeness (QED) is 0.191. The van der Waals surface area contributed by atoms with Crippen LogP contribution in [-0.2, 0) is 13.2 Å². The number of allylic oxidation sites excluding steroid dienone is 1. The number of rotatable bonds is 9. The molecule has 1 aromatic heterocycles. The molecule has 17 heteroatoms. The highest BCUT2D eigenvalue weighted by molar-refractivity contribution is 6.63. The van der Waals surface area contributed by atoms with Gasteiger partial charge in [-0.25, -0.2) is 4.68 Å². The van der Waals surface area contributed by atoms with E-state index in [9.17, 15) is 23.2 Å². The average molecular weight is 665 g/mol. The number of nitriles is 1. The fourth-order valence-electron chi connectivity index (χ4n) is 3.18. The van der Waals surface area contributed by atoms with E-state index >= 15 is 0 Å². The summed E-state index contributed by atoms with van der Waals surface area (Å²) in [5.41, 5.74) is -2.03. The Kier molecular flexibility index (Phi) is 9.32. The number of anilines is 1. The van der Waals surface area contributed by atoms with E-state index in [0.717, 1.165) is 17.1 Å². The molecule has 39 heavy (non-hydrogen) atoms. The number of aryl methyl sites for hydroxylation is 1. The largest absolute Gasteiger partial charge is 0.434 e. The van der Waals surface area contributed by atoms with Gasteiger partial charge in [0.1, 0.15) is 20.9 Å². The Balaban J connectivity index is 1.98. The summed E-state index contributed by atoms with van der Waals surface area (Å²) in [6.07, 6.45) is -2.12. The van der Waals surface area contributed by atoms with Crippen LogP contribution in [0.2, 0.25) is 5.02 Å². The molecule has 1 aromatic carbocycles. The Hall–Kier alpha value is -2.33. The zero-order valence-corrected chi connectivity index (χ0v) is 23.9. The van der Waals surface area contributed by atoms with Gasteiger partial charge in [-0.2, -0.15) is 18.4 Å². The van der Waals surface area contributed by atoms with Crippen molar-refractivity contribution in [2.75, 3.05) is 5.32 Å². The Bertz CT molecular complexity index is 1420. The van der Waals surface area contributed by atoms with Crippen LogP contribution < -0.4 is 15.4 Å². The van der Waals surface area contributed by atoms with Gasteiger partial charge in [0, 0.05) is 25.0 Å². The molecular weight excluding hydrogens is 650 g/mol. The minimum Gasteiger partial charge on any atom is -0.434 e. The summed E-state index contributed by atoms with van der Waals surface area (Å²) in [5.74, 6) is -2.27. The van der Waals surface area contributed by atoms with Crippen LogP contribution in [0.5, 0.6) is 5.88 Å². The van der Waals surface area contributed by atoms with Crippen LogP contribution in [0.25, 0.3) is 5.57 Å². The number of amides is 1. The zero-order chi connectivity index (χ0) is 29.3. The monoisotopic (exact) mass is 662 g/mol. The number of hydrogen-bond acceptors (Lipinski definition) is 6. The highest BCUT2D eigenvalue weighted by atomic mass is 35.5. The summed E-state index contributed by atoms with van der Waals surface area (Å²) in [6, 6.07) is 6.20. The summed E-state index contributed by atoms with van der Waals surface area (Å²) >= 11 is 34.7. The highest BCUT2D eigenvalue weighted by Gasteiger charge is 2.46. The van der Waals surface area contributed by atoms with Gasteiger partial charge >= 0.3 is 6.18 Å². The third kappa shape index (κ3) is 7.06. The molecular formula is C22H15Cl6F3N6O2. The number of benzene rings is 1. The van der Waals surface area contributed by atoms with Gasteiger partial charge < -0.3 is 20.8 Å². The second-order valence-corrected chi connectivity index (χ2v) is 11.1. The van der Waals surface area contributed by atoms with E-state index in [-0.39, 0.29) is 21.7 Å². The predicted octanol–water partition coefficient (Wildman–Crippen LogP) is 7.38. The van der Waals surface area contributed by atoms with Crippen molar-refractivity contribution in [1.82, 2.24) is 15.1 Å². The Morgan fingerprint density at radius 3 is 2.44 bits per heavy atom. The molecule has 1 aliphatic rings. The molecule has 0 aliphatic heterocycles. The molecule has 8 nitrogen and oxygen atoms in total. The average Bonchev–Trinajstić information content (AvgIpc) is 3.54. The number of ether oxygens (including phenoxy) is 1. The SMILES string of the molecule is Cn1nc(OC(Cl)(Cl)C(Cl)=C(Cl)Cl)c(C(F)(F)F)c1N/C=C(\C=N)c1ccc(Cl)c(C(=O)NC2(C#N)CC2)c1. The van der Waals surface area contributed by atoms with Crippen molar-refractivity contribution in [2.24, 2.45) is 7.05 Å². The number of nitrogens with one attached hydrogen (secondary N) is 3. The zero-order valence-electron chi connectivity index (χ0n) is 19.4. The number of nitrogens with zero attached hydrogens (tertiary/aromatic N) is 3. The molecule has 0 radical (unpaired) electrons. The van der Waals surface area contributed by atoms with E-state index in [2.05, 4.69) is 15.7 Å². The number of halogens is 9. The van der Waals surface area contributed by atoms with Gasteiger partial charge in [-0.3, -0.25) is 4.79 Å². The van der Waals surface area contributed by atoms with Gasteiger partial charge in [-0.1, -0.05) is 75.7 Å². The molecule has 208 valence electrons. The van der Waals surface area contributed by atoms with E-state index in [1.807, 2.05) is 6.07 Å². The molecule has 3 rings (SSSR count). The molecule has 1 saturated carbocycles. The molecule has 1 heterocycles. The number of aromatic nitrogens is 2. The van der Waals surface area contributed by atoms with Crippen LogP contribution in [0.4, 0.5) is 19.0 Å². The second kappa shape index (κ2) is 11.6. The fraction of sp³-hybridized carbons (Fsp3) is 0.273. The van der Waals surface area contributed by atoms with Crippen molar-refractivity contribution in [1.29, 1.82) is 10.7 Å². The number of carbonyl (C=O) groups is 1. The van der Waals surface area contributed by atoms with E-state index in [1.165, 1.54) is 25.2 Å². The summed E-state index contributed by atoms with van der Waals surface area (Å²) in [5, 5.41) is 25.1. The van der Waals surface area contributed by atoms with Crippen LogP contribution in [0.1, 0.15) is 34.3 Å². The Labute approximate surface area is 249 Å². The number of hydrogen-bond donors (Lipinski definition) is 3. The van der Waals surface area contributed by atoms with Crippen LogP contribution in [0.3, 0.4) is 0 Å². The van der Waals surface area contributed by atoms with E-state index < -0.39 is 48.9 Å². The van der Waals surface area contributed by atoms with Gasteiger partial charge in [0.05, 0.1) is 16.7 Å². The van der Waals surface area contributed by atoms with Crippen molar-refractivity contribution in [2.45, 2.75) is 29.1 Å². The van der Waals surface area contributed by atoms with Crippen molar-refractivity contribution in [3.8, 4) is 11.9 Å². The van der Waals surface area contributed by atoms with Gasteiger partial charge in [0.25, 0.3) is 10.4 Å². The van der Waals surface area contributed by atoms with Crippen molar-refractivity contribution in [3.63, 3.8) is 0 Å². The van der Waals surface area contributed by atoms with Crippen molar-refractivity contribution < 1.29 is 22.7 Å². The molecule has 0 spiro atoms. The summed E-state index contributed by atoms with van der Waals surface area (Å²) in [4.78, 5) is 12.7. The minimum absolute atomic E-state index is 0.0130. The normalized spacial score (nSPS) is 14.7. The lowest BCUT2D eigenvalue weighted by Crippen LogP contribution is -2.35. The van der Waals surface area contributed by atoms with Crippen LogP contribution in [0.15, 0.2) is 33.9 Å². The molecule has 0 bridgehead atoms. The number of carbonyl (C=O) groups excluding carboxylic acids is 1. The smallest absolute Gasteiger partial charge is 0.425 e. The van der Waals surface area contributed by atoms with Gasteiger partial charge in [0.15, 0.2) is 5.56 Å². The maximum Gasteiger partial charge on any atom is 0.425 e. The van der Waals surface area contributed by atoms with E-state index in [1.54, 1.807) is 0 Å². The topological polar surface area (TPSA) is 116 Å². The Morgan fingerprint density at radius 1 is 1.28 bits per heavy atom. The van der Waals surface area contributed by atoms with Gasteiger partial charge in [-0.15, -0.1) is 5.10 Å².